The fourth-order valence-electron chi connectivity index (χ4n) is 2.24. The standard InChI is InChI=1S/C14H16N2/c1-9-3-2-4-12-11(8-15)7-13(10-5-6-10)16-14(9)12/h2-4,7,10H,5-6,8,15H2,1H3. The number of hydrogen-bond acceptors (Lipinski definition) is 2. The molecule has 0 bridgehead atoms. The number of aromatic nitrogens is 1. The molecule has 1 heterocycles. The van der Waals surface area contributed by atoms with E-state index >= 15 is 0 Å². The van der Waals surface area contributed by atoms with Gasteiger partial charge in [-0.25, -0.2) is 0 Å². The second-order valence-electron chi connectivity index (χ2n) is 4.66. The average molecular weight is 212 g/mol. The van der Waals surface area contributed by atoms with Crippen LogP contribution < -0.4 is 5.73 Å². The summed E-state index contributed by atoms with van der Waals surface area (Å²) in [6.45, 7) is 2.72. The molecule has 2 heteroatoms. The highest BCUT2D eigenvalue weighted by molar-refractivity contribution is 5.85. The van der Waals surface area contributed by atoms with Crippen LogP contribution in [0.25, 0.3) is 10.9 Å². The molecule has 1 aliphatic rings. The molecular formula is C14H16N2. The molecular weight excluding hydrogens is 196 g/mol. The smallest absolute Gasteiger partial charge is 0.0737 e. The van der Waals surface area contributed by atoms with Crippen molar-refractivity contribution >= 4 is 10.9 Å². The van der Waals surface area contributed by atoms with Crippen LogP contribution in [-0.4, -0.2) is 4.98 Å². The zero-order valence-electron chi connectivity index (χ0n) is 9.53. The number of fused-ring (bicyclic) bond motifs is 1. The van der Waals surface area contributed by atoms with E-state index in [1.807, 2.05) is 0 Å². The molecule has 1 aromatic heterocycles. The molecule has 0 aliphatic heterocycles. The summed E-state index contributed by atoms with van der Waals surface area (Å²) in [5.41, 5.74) is 10.7. The Morgan fingerprint density at radius 2 is 2.19 bits per heavy atom. The lowest BCUT2D eigenvalue weighted by atomic mass is 10.0. The van der Waals surface area contributed by atoms with Gasteiger partial charge in [0.25, 0.3) is 0 Å². The van der Waals surface area contributed by atoms with E-state index in [-0.39, 0.29) is 0 Å². The van der Waals surface area contributed by atoms with Crippen molar-refractivity contribution in [2.45, 2.75) is 32.2 Å². The number of aryl methyl sites for hydroxylation is 1. The Morgan fingerprint density at radius 1 is 1.38 bits per heavy atom. The van der Waals surface area contributed by atoms with E-state index in [1.54, 1.807) is 0 Å². The quantitative estimate of drug-likeness (QED) is 0.831. The molecule has 0 amide bonds. The summed E-state index contributed by atoms with van der Waals surface area (Å²) in [5.74, 6) is 0.689. The molecule has 1 fully saturated rings. The molecule has 1 aromatic carbocycles. The van der Waals surface area contributed by atoms with Gasteiger partial charge in [-0.05, 0) is 37.0 Å². The molecule has 0 spiro atoms. The Bertz CT molecular complexity index is 542. The molecule has 3 rings (SSSR count). The van der Waals surface area contributed by atoms with Crippen LogP contribution >= 0.6 is 0 Å². The van der Waals surface area contributed by atoms with Gasteiger partial charge in [0.2, 0.25) is 0 Å². The summed E-state index contributed by atoms with van der Waals surface area (Å²) in [6.07, 6.45) is 2.57. The van der Waals surface area contributed by atoms with Crippen LogP contribution in [0.1, 0.15) is 35.6 Å². The summed E-state index contributed by atoms with van der Waals surface area (Å²) in [5, 5.41) is 1.21. The molecule has 2 N–H and O–H groups in total. The number of nitrogens with two attached hydrogens (primary N) is 1. The zero-order chi connectivity index (χ0) is 11.1. The number of nitrogens with zero attached hydrogens (tertiary/aromatic N) is 1. The summed E-state index contributed by atoms with van der Waals surface area (Å²) < 4.78 is 0. The number of benzene rings is 1. The number of hydrogen-bond donors (Lipinski definition) is 1. The predicted molar refractivity (Wildman–Crippen MR) is 66.3 cm³/mol. The normalized spacial score (nSPS) is 15.6. The van der Waals surface area contributed by atoms with Crippen molar-refractivity contribution in [2.24, 2.45) is 5.73 Å². The lowest BCUT2D eigenvalue weighted by molar-refractivity contribution is 1.01. The Morgan fingerprint density at radius 3 is 2.88 bits per heavy atom. The van der Waals surface area contributed by atoms with E-state index in [0.29, 0.717) is 12.5 Å². The summed E-state index contributed by atoms with van der Waals surface area (Å²) in [4.78, 5) is 4.79. The number of para-hydroxylation sites is 1. The van der Waals surface area contributed by atoms with Gasteiger partial charge in [0.1, 0.15) is 0 Å². The first-order chi connectivity index (χ1) is 7.79. The van der Waals surface area contributed by atoms with Crippen molar-refractivity contribution in [3.63, 3.8) is 0 Å². The Balaban J connectivity index is 2.30. The fraction of sp³-hybridized carbons (Fsp3) is 0.357. The van der Waals surface area contributed by atoms with Gasteiger partial charge in [0.15, 0.2) is 0 Å². The minimum absolute atomic E-state index is 0.599. The van der Waals surface area contributed by atoms with Gasteiger partial charge in [-0.1, -0.05) is 18.2 Å². The van der Waals surface area contributed by atoms with Crippen molar-refractivity contribution in [3.8, 4) is 0 Å². The summed E-state index contributed by atoms with van der Waals surface area (Å²) >= 11 is 0. The highest BCUT2D eigenvalue weighted by Crippen LogP contribution is 2.40. The molecule has 2 nitrogen and oxygen atoms in total. The van der Waals surface area contributed by atoms with Gasteiger partial charge >= 0.3 is 0 Å². The fourth-order valence-corrected chi connectivity index (χ4v) is 2.24. The predicted octanol–water partition coefficient (Wildman–Crippen LogP) is 2.88. The average Bonchev–Trinajstić information content (AvgIpc) is 3.12. The topological polar surface area (TPSA) is 38.9 Å². The van der Waals surface area contributed by atoms with Gasteiger partial charge < -0.3 is 5.73 Å². The van der Waals surface area contributed by atoms with Gasteiger partial charge in [0.05, 0.1) is 5.52 Å². The van der Waals surface area contributed by atoms with Crippen molar-refractivity contribution in [3.05, 3.63) is 41.1 Å². The molecule has 0 radical (unpaired) electrons. The first-order valence-corrected chi connectivity index (χ1v) is 5.89. The molecule has 16 heavy (non-hydrogen) atoms. The molecule has 82 valence electrons. The number of pyridine rings is 1. The van der Waals surface area contributed by atoms with Crippen molar-refractivity contribution in [2.75, 3.05) is 0 Å². The second kappa shape index (κ2) is 3.56. The van der Waals surface area contributed by atoms with Crippen molar-refractivity contribution in [1.82, 2.24) is 4.98 Å². The van der Waals surface area contributed by atoms with Crippen LogP contribution in [0, 0.1) is 6.92 Å². The van der Waals surface area contributed by atoms with Gasteiger partial charge in [0, 0.05) is 23.5 Å². The van der Waals surface area contributed by atoms with E-state index in [9.17, 15) is 0 Å². The lowest BCUT2D eigenvalue weighted by Gasteiger charge is -2.09. The first-order valence-electron chi connectivity index (χ1n) is 5.89. The third-order valence-electron chi connectivity index (χ3n) is 3.36. The minimum atomic E-state index is 0.599. The van der Waals surface area contributed by atoms with E-state index in [4.69, 9.17) is 10.7 Å². The Hall–Kier alpha value is -1.41. The molecule has 0 atom stereocenters. The van der Waals surface area contributed by atoms with E-state index < -0.39 is 0 Å². The SMILES string of the molecule is Cc1cccc2c(CN)cc(C3CC3)nc12. The van der Waals surface area contributed by atoms with Crippen molar-refractivity contribution < 1.29 is 0 Å². The summed E-state index contributed by atoms with van der Waals surface area (Å²) in [6, 6.07) is 8.51. The summed E-state index contributed by atoms with van der Waals surface area (Å²) in [7, 11) is 0. The molecule has 1 saturated carbocycles. The molecule has 2 aromatic rings. The van der Waals surface area contributed by atoms with Crippen molar-refractivity contribution in [1.29, 1.82) is 0 Å². The van der Waals surface area contributed by atoms with Crippen LogP contribution in [0.2, 0.25) is 0 Å². The highest BCUT2D eigenvalue weighted by Gasteiger charge is 2.25. The Labute approximate surface area is 95.5 Å². The second-order valence-corrected chi connectivity index (χ2v) is 4.66. The minimum Gasteiger partial charge on any atom is -0.326 e. The zero-order valence-corrected chi connectivity index (χ0v) is 9.53. The van der Waals surface area contributed by atoms with Gasteiger partial charge in [-0.3, -0.25) is 4.98 Å². The van der Waals surface area contributed by atoms with E-state index in [0.717, 1.165) is 5.52 Å². The molecule has 0 unspecified atom stereocenters. The monoisotopic (exact) mass is 212 g/mol. The van der Waals surface area contributed by atoms with Gasteiger partial charge in [-0.15, -0.1) is 0 Å². The van der Waals surface area contributed by atoms with Crippen LogP contribution in [0.3, 0.4) is 0 Å². The maximum Gasteiger partial charge on any atom is 0.0737 e. The largest absolute Gasteiger partial charge is 0.326 e. The lowest BCUT2D eigenvalue weighted by Crippen LogP contribution is -2.01. The van der Waals surface area contributed by atoms with E-state index in [2.05, 4.69) is 31.2 Å². The van der Waals surface area contributed by atoms with Gasteiger partial charge in [-0.2, -0.15) is 0 Å². The van der Waals surface area contributed by atoms with Crippen LogP contribution in [0.15, 0.2) is 24.3 Å². The number of rotatable bonds is 2. The van der Waals surface area contributed by atoms with Crippen LogP contribution in [-0.2, 0) is 6.54 Å². The van der Waals surface area contributed by atoms with Crippen LogP contribution in [0.4, 0.5) is 0 Å². The molecule has 1 aliphatic carbocycles. The first kappa shape index (κ1) is 9.79. The third-order valence-corrected chi connectivity index (χ3v) is 3.36. The Kier molecular flexibility index (Phi) is 2.18. The highest BCUT2D eigenvalue weighted by atomic mass is 14.7. The van der Waals surface area contributed by atoms with Crippen LogP contribution in [0.5, 0.6) is 0 Å². The maximum absolute atomic E-state index is 5.83. The third kappa shape index (κ3) is 1.50. The molecule has 0 saturated heterocycles. The van der Waals surface area contributed by atoms with E-state index in [1.165, 1.54) is 35.0 Å². The maximum atomic E-state index is 5.83.